The van der Waals surface area contributed by atoms with Crippen LogP contribution in [0.25, 0.3) is 0 Å². The molecular formula is C14H14NO. The molecule has 2 heteroatoms. The number of rotatable bonds is 3. The van der Waals surface area contributed by atoms with Gasteiger partial charge in [0.1, 0.15) is 11.5 Å². The number of benzene rings is 2. The summed E-state index contributed by atoms with van der Waals surface area (Å²) in [6.45, 7) is 0. The Morgan fingerprint density at radius 3 is 2.00 bits per heavy atom. The quantitative estimate of drug-likeness (QED) is 0.773. The van der Waals surface area contributed by atoms with E-state index in [0.717, 1.165) is 17.2 Å². The zero-order valence-electron chi connectivity index (χ0n) is 9.47. The van der Waals surface area contributed by atoms with Gasteiger partial charge in [0.15, 0.2) is 0 Å². The van der Waals surface area contributed by atoms with Gasteiger partial charge >= 0.3 is 0 Å². The van der Waals surface area contributed by atoms with Gasteiger partial charge in [0.05, 0.1) is 0 Å². The summed E-state index contributed by atoms with van der Waals surface area (Å²) in [5, 5.41) is 0. The van der Waals surface area contributed by atoms with Crippen LogP contribution in [-0.2, 0) is 0 Å². The average Bonchev–Trinajstić information content (AvgIpc) is 2.31. The minimum absolute atomic E-state index is 0.830. The molecule has 0 saturated carbocycles. The van der Waals surface area contributed by atoms with Gasteiger partial charge in [-0.2, -0.15) is 0 Å². The third kappa shape index (κ3) is 2.54. The first-order chi connectivity index (χ1) is 7.75. The van der Waals surface area contributed by atoms with Crippen molar-refractivity contribution in [2.45, 2.75) is 0 Å². The van der Waals surface area contributed by atoms with Crippen LogP contribution in [0, 0.1) is 6.07 Å². The van der Waals surface area contributed by atoms with Gasteiger partial charge in [0.25, 0.3) is 0 Å². The van der Waals surface area contributed by atoms with E-state index in [1.165, 1.54) is 0 Å². The summed E-state index contributed by atoms with van der Waals surface area (Å²) in [6.07, 6.45) is 0. The molecule has 1 radical (unpaired) electrons. The van der Waals surface area contributed by atoms with E-state index in [0.29, 0.717) is 0 Å². The molecule has 2 nitrogen and oxygen atoms in total. The highest BCUT2D eigenvalue weighted by molar-refractivity contribution is 5.48. The maximum absolute atomic E-state index is 5.67. The maximum Gasteiger partial charge on any atom is 0.127 e. The van der Waals surface area contributed by atoms with Gasteiger partial charge in [-0.25, -0.2) is 0 Å². The Bertz CT molecular complexity index is 434. The van der Waals surface area contributed by atoms with Crippen molar-refractivity contribution < 1.29 is 4.74 Å². The molecule has 0 amide bonds. The van der Waals surface area contributed by atoms with Gasteiger partial charge in [-0.3, -0.25) is 0 Å². The van der Waals surface area contributed by atoms with E-state index in [9.17, 15) is 0 Å². The normalized spacial score (nSPS) is 9.88. The van der Waals surface area contributed by atoms with Gasteiger partial charge in [0.2, 0.25) is 0 Å². The third-order valence-electron chi connectivity index (χ3n) is 2.28. The van der Waals surface area contributed by atoms with Crippen molar-refractivity contribution in [2.75, 3.05) is 19.0 Å². The van der Waals surface area contributed by atoms with Crippen LogP contribution in [0.4, 0.5) is 5.69 Å². The molecule has 0 aliphatic heterocycles. The highest BCUT2D eigenvalue weighted by Gasteiger charge is 1.98. The van der Waals surface area contributed by atoms with Crippen molar-refractivity contribution in [2.24, 2.45) is 0 Å². The molecule has 0 saturated heterocycles. The topological polar surface area (TPSA) is 12.5 Å². The molecular weight excluding hydrogens is 198 g/mol. The van der Waals surface area contributed by atoms with Crippen LogP contribution in [0.2, 0.25) is 0 Å². The van der Waals surface area contributed by atoms with E-state index in [-0.39, 0.29) is 0 Å². The molecule has 0 aliphatic rings. The predicted octanol–water partition coefficient (Wildman–Crippen LogP) is 3.35. The fraction of sp³-hybridized carbons (Fsp3) is 0.143. The Balaban J connectivity index is 2.11. The standard InChI is InChI=1S/C14H14NO/c1-15(2)12-8-10-14(11-9-12)16-13-6-4-3-5-7-13/h4-11H,1-2H3. The van der Waals surface area contributed by atoms with Crippen molar-refractivity contribution in [3.63, 3.8) is 0 Å². The minimum atomic E-state index is 0.830. The lowest BCUT2D eigenvalue weighted by molar-refractivity contribution is 0.482. The fourth-order valence-electron chi connectivity index (χ4n) is 1.39. The summed E-state index contributed by atoms with van der Waals surface area (Å²) >= 11 is 0. The second-order valence-electron chi connectivity index (χ2n) is 3.73. The molecule has 2 aromatic rings. The summed E-state index contributed by atoms with van der Waals surface area (Å²) in [4.78, 5) is 2.06. The van der Waals surface area contributed by atoms with Crippen molar-refractivity contribution >= 4 is 5.69 Å². The van der Waals surface area contributed by atoms with E-state index in [4.69, 9.17) is 4.74 Å². The van der Waals surface area contributed by atoms with Crippen LogP contribution in [0.1, 0.15) is 0 Å². The molecule has 0 atom stereocenters. The Morgan fingerprint density at radius 1 is 0.875 bits per heavy atom. The Hall–Kier alpha value is -1.96. The molecule has 16 heavy (non-hydrogen) atoms. The number of hydrogen-bond acceptors (Lipinski definition) is 2. The van der Waals surface area contributed by atoms with Crippen LogP contribution < -0.4 is 9.64 Å². The van der Waals surface area contributed by atoms with Crippen LogP contribution in [0.15, 0.2) is 48.5 Å². The maximum atomic E-state index is 5.67. The van der Waals surface area contributed by atoms with Crippen molar-refractivity contribution in [1.82, 2.24) is 0 Å². The third-order valence-corrected chi connectivity index (χ3v) is 2.28. The summed E-state index contributed by atoms with van der Waals surface area (Å²) in [5.41, 5.74) is 1.16. The summed E-state index contributed by atoms with van der Waals surface area (Å²) < 4.78 is 5.67. The lowest BCUT2D eigenvalue weighted by atomic mass is 10.3. The number of anilines is 1. The second kappa shape index (κ2) is 4.71. The Labute approximate surface area is 96.1 Å². The molecule has 0 N–H and O–H groups in total. The van der Waals surface area contributed by atoms with E-state index < -0.39 is 0 Å². The molecule has 0 unspecified atom stereocenters. The number of nitrogens with zero attached hydrogens (tertiary/aromatic N) is 1. The Morgan fingerprint density at radius 2 is 1.44 bits per heavy atom. The van der Waals surface area contributed by atoms with Gasteiger partial charge in [-0.05, 0) is 42.5 Å². The molecule has 81 valence electrons. The molecule has 0 aromatic heterocycles. The largest absolute Gasteiger partial charge is 0.457 e. The monoisotopic (exact) mass is 212 g/mol. The molecule has 0 aliphatic carbocycles. The molecule has 0 fully saturated rings. The second-order valence-corrected chi connectivity index (χ2v) is 3.73. The average molecular weight is 212 g/mol. The van der Waals surface area contributed by atoms with Crippen molar-refractivity contribution in [1.29, 1.82) is 0 Å². The fourth-order valence-corrected chi connectivity index (χ4v) is 1.39. The van der Waals surface area contributed by atoms with Crippen LogP contribution in [0.5, 0.6) is 11.5 Å². The van der Waals surface area contributed by atoms with Crippen molar-refractivity contribution in [3.8, 4) is 11.5 Å². The molecule has 0 heterocycles. The van der Waals surface area contributed by atoms with Gasteiger partial charge < -0.3 is 9.64 Å². The molecule has 0 spiro atoms. The predicted molar refractivity (Wildman–Crippen MR) is 66.1 cm³/mol. The first kappa shape index (κ1) is 10.6. The first-order valence-electron chi connectivity index (χ1n) is 5.17. The smallest absolute Gasteiger partial charge is 0.127 e. The number of ether oxygens (including phenoxy) is 1. The number of hydrogen-bond donors (Lipinski definition) is 0. The highest BCUT2D eigenvalue weighted by atomic mass is 16.5. The summed E-state index contributed by atoms with van der Waals surface area (Å²) in [6, 6.07) is 18.4. The van der Waals surface area contributed by atoms with Gasteiger partial charge in [-0.15, -0.1) is 0 Å². The van der Waals surface area contributed by atoms with Gasteiger partial charge in [-0.1, -0.05) is 12.1 Å². The molecule has 0 bridgehead atoms. The zero-order chi connectivity index (χ0) is 11.4. The van der Waals surface area contributed by atoms with E-state index in [2.05, 4.69) is 11.0 Å². The zero-order valence-corrected chi connectivity index (χ0v) is 9.47. The first-order valence-corrected chi connectivity index (χ1v) is 5.17. The lowest BCUT2D eigenvalue weighted by Gasteiger charge is -2.12. The van der Waals surface area contributed by atoms with E-state index in [1.54, 1.807) is 0 Å². The van der Waals surface area contributed by atoms with E-state index >= 15 is 0 Å². The highest BCUT2D eigenvalue weighted by Crippen LogP contribution is 2.23. The minimum Gasteiger partial charge on any atom is -0.457 e. The summed E-state index contributed by atoms with van der Waals surface area (Å²) in [5.74, 6) is 1.67. The SMILES string of the molecule is CN(C)c1ccc(Oc2cc[c]cc2)cc1. The van der Waals surface area contributed by atoms with E-state index in [1.807, 2.05) is 62.6 Å². The van der Waals surface area contributed by atoms with Crippen LogP contribution in [0.3, 0.4) is 0 Å². The van der Waals surface area contributed by atoms with Crippen LogP contribution >= 0.6 is 0 Å². The summed E-state index contributed by atoms with van der Waals surface area (Å²) in [7, 11) is 4.03. The lowest BCUT2D eigenvalue weighted by Crippen LogP contribution is -2.07. The molecule has 2 aromatic carbocycles. The molecule has 2 rings (SSSR count). The van der Waals surface area contributed by atoms with Crippen molar-refractivity contribution in [3.05, 3.63) is 54.6 Å². The Kier molecular flexibility index (Phi) is 3.10. The van der Waals surface area contributed by atoms with Gasteiger partial charge in [0, 0.05) is 19.8 Å². The van der Waals surface area contributed by atoms with Crippen LogP contribution in [-0.4, -0.2) is 14.1 Å².